The van der Waals surface area contributed by atoms with Crippen LogP contribution in [0.3, 0.4) is 0 Å². The van der Waals surface area contributed by atoms with E-state index in [0.717, 1.165) is 11.1 Å². The Hall–Kier alpha value is -2.46. The average Bonchev–Trinajstić information content (AvgIpc) is 3.53. The molecule has 1 saturated carbocycles. The number of ether oxygens (including phenoxy) is 1. The summed E-state index contributed by atoms with van der Waals surface area (Å²) in [7, 11) is 0. The van der Waals surface area contributed by atoms with Crippen LogP contribution in [0, 0.1) is 5.92 Å². The van der Waals surface area contributed by atoms with E-state index in [1.165, 1.54) is 30.4 Å². The van der Waals surface area contributed by atoms with E-state index in [1.54, 1.807) is 0 Å². The molecule has 2 aliphatic heterocycles. The number of benzene rings is 3. The highest BCUT2D eigenvalue weighted by molar-refractivity contribution is 5.43. The number of nitrogens with zero attached hydrogens (tertiary/aromatic N) is 1. The molecule has 0 aromatic heterocycles. The van der Waals surface area contributed by atoms with Crippen LogP contribution in [0.4, 0.5) is 0 Å². The molecule has 1 N–H and O–H groups in total. The predicted molar refractivity (Wildman–Crippen MR) is 117 cm³/mol. The van der Waals surface area contributed by atoms with Gasteiger partial charge in [-0.15, -0.1) is 0 Å². The first kappa shape index (κ1) is 18.3. The Labute approximate surface area is 177 Å². The second-order valence-corrected chi connectivity index (χ2v) is 8.91. The monoisotopic (exact) mass is 397 g/mol. The zero-order valence-corrected chi connectivity index (χ0v) is 17.0. The molecule has 1 aliphatic carbocycles. The second-order valence-electron chi connectivity index (χ2n) is 8.91. The quantitative estimate of drug-likeness (QED) is 0.672. The normalized spacial score (nSPS) is 29.2. The molecule has 3 aliphatic rings. The van der Waals surface area contributed by atoms with Crippen LogP contribution in [-0.4, -0.2) is 22.1 Å². The van der Waals surface area contributed by atoms with Gasteiger partial charge in [0.15, 0.2) is 0 Å². The number of fused-ring (bicyclic) bond motifs is 5. The van der Waals surface area contributed by atoms with Crippen LogP contribution >= 0.6 is 0 Å². The van der Waals surface area contributed by atoms with Crippen molar-refractivity contribution in [1.82, 2.24) is 4.90 Å². The van der Waals surface area contributed by atoms with E-state index in [4.69, 9.17) is 4.74 Å². The van der Waals surface area contributed by atoms with Gasteiger partial charge in [0.05, 0.1) is 12.6 Å². The molecule has 0 spiro atoms. The van der Waals surface area contributed by atoms with E-state index < -0.39 is 5.60 Å². The van der Waals surface area contributed by atoms with Crippen LogP contribution in [0.25, 0.3) is 0 Å². The van der Waals surface area contributed by atoms with Gasteiger partial charge in [0, 0.05) is 11.6 Å². The van der Waals surface area contributed by atoms with Crippen molar-refractivity contribution >= 4 is 0 Å². The third-order valence-corrected chi connectivity index (χ3v) is 7.52. The van der Waals surface area contributed by atoms with Gasteiger partial charge in [0.25, 0.3) is 0 Å². The molecule has 152 valence electrons. The fraction of sp³-hybridized carbons (Fsp3) is 0.333. The largest absolute Gasteiger partial charge is 0.392 e. The molecule has 3 aromatic carbocycles. The van der Waals surface area contributed by atoms with Crippen LogP contribution in [0.1, 0.15) is 47.7 Å². The van der Waals surface area contributed by atoms with Crippen molar-refractivity contribution in [2.45, 2.75) is 49.8 Å². The molecule has 2 bridgehead atoms. The van der Waals surface area contributed by atoms with Crippen LogP contribution in [0.5, 0.6) is 0 Å². The van der Waals surface area contributed by atoms with Gasteiger partial charge in [-0.3, -0.25) is 4.90 Å². The first-order valence-electron chi connectivity index (χ1n) is 11.1. The molecule has 0 amide bonds. The number of hydrogen-bond donors (Lipinski definition) is 1. The minimum Gasteiger partial charge on any atom is -0.392 e. The summed E-state index contributed by atoms with van der Waals surface area (Å²) in [6.45, 7) is 0.0340. The lowest BCUT2D eigenvalue weighted by molar-refractivity contribution is -0.0536. The maximum Gasteiger partial charge on any atom is 0.139 e. The zero-order chi connectivity index (χ0) is 20.1. The van der Waals surface area contributed by atoms with E-state index in [0.29, 0.717) is 18.0 Å². The lowest BCUT2D eigenvalue weighted by Crippen LogP contribution is -2.47. The van der Waals surface area contributed by atoms with E-state index in [1.807, 2.05) is 12.1 Å². The molecule has 6 rings (SSSR count). The van der Waals surface area contributed by atoms with Gasteiger partial charge in [-0.1, -0.05) is 84.9 Å². The molecule has 0 unspecified atom stereocenters. The summed E-state index contributed by atoms with van der Waals surface area (Å²) in [4.78, 5) is 2.64. The summed E-state index contributed by atoms with van der Waals surface area (Å²) in [5.74, 6) is 0.627. The zero-order valence-electron chi connectivity index (χ0n) is 17.0. The van der Waals surface area contributed by atoms with Gasteiger partial charge in [-0.25, -0.2) is 0 Å². The summed E-state index contributed by atoms with van der Waals surface area (Å²) in [6.07, 6.45) is 3.61. The summed E-state index contributed by atoms with van der Waals surface area (Å²) in [5, 5.41) is 10.0. The molecular weight excluding hydrogens is 370 g/mol. The van der Waals surface area contributed by atoms with Crippen LogP contribution in [-0.2, 0) is 16.9 Å². The van der Waals surface area contributed by atoms with Crippen molar-refractivity contribution in [2.24, 2.45) is 5.92 Å². The van der Waals surface area contributed by atoms with Crippen molar-refractivity contribution < 1.29 is 9.84 Å². The van der Waals surface area contributed by atoms with Crippen molar-refractivity contribution in [2.75, 3.05) is 0 Å². The predicted octanol–water partition coefficient (Wildman–Crippen LogP) is 5.00. The first-order chi connectivity index (χ1) is 14.8. The number of hydrogen-bond acceptors (Lipinski definition) is 3. The lowest BCUT2D eigenvalue weighted by Gasteiger charge is -2.39. The highest BCUT2D eigenvalue weighted by atomic mass is 16.5. The fourth-order valence-electron chi connectivity index (χ4n) is 6.36. The minimum atomic E-state index is -0.504. The second kappa shape index (κ2) is 7.05. The summed E-state index contributed by atoms with van der Waals surface area (Å²) in [5.41, 5.74) is 4.01. The molecule has 3 heteroatoms. The van der Waals surface area contributed by atoms with Gasteiger partial charge in [-0.2, -0.15) is 0 Å². The standard InChI is InChI=1S/C27H27NO2/c29-18-20-9-7-8-14-24(20)26-28-23-16-15-19(17-23)25(28)27(30-26,21-10-3-1-4-11-21)22-12-5-2-6-13-22/h1-14,19,23,25-26,29H,15-18H2/t19-,23+,25-,26-/m0/s1. The van der Waals surface area contributed by atoms with Gasteiger partial charge in [0.2, 0.25) is 0 Å². The van der Waals surface area contributed by atoms with Crippen molar-refractivity contribution in [3.05, 3.63) is 107 Å². The molecule has 0 radical (unpaired) electrons. The Kier molecular flexibility index (Phi) is 4.31. The average molecular weight is 398 g/mol. The van der Waals surface area contributed by atoms with Gasteiger partial charge in [-0.05, 0) is 41.9 Å². The van der Waals surface area contributed by atoms with Gasteiger partial charge < -0.3 is 9.84 Å². The maximum absolute atomic E-state index is 10.0. The molecular formula is C27H27NO2. The van der Waals surface area contributed by atoms with Gasteiger partial charge >= 0.3 is 0 Å². The minimum absolute atomic E-state index is 0.0340. The summed E-state index contributed by atoms with van der Waals surface area (Å²) < 4.78 is 7.21. The maximum atomic E-state index is 10.0. The highest BCUT2D eigenvalue weighted by Gasteiger charge is 2.65. The topological polar surface area (TPSA) is 32.7 Å². The van der Waals surface area contributed by atoms with Crippen LogP contribution in [0.2, 0.25) is 0 Å². The number of aliphatic hydroxyl groups is 1. The number of piperidine rings is 1. The van der Waals surface area contributed by atoms with E-state index >= 15 is 0 Å². The molecule has 4 atom stereocenters. The number of rotatable bonds is 4. The number of aliphatic hydroxyl groups excluding tert-OH is 1. The van der Waals surface area contributed by atoms with E-state index in [2.05, 4.69) is 77.7 Å². The SMILES string of the molecule is OCc1ccccc1[C@@H]1OC(c2ccccc2)(c2ccccc2)[C@@H]2[C@H]3CC[C@H](C3)N21. The van der Waals surface area contributed by atoms with Gasteiger partial charge in [0.1, 0.15) is 11.8 Å². The summed E-state index contributed by atoms with van der Waals surface area (Å²) in [6, 6.07) is 30.6. The summed E-state index contributed by atoms with van der Waals surface area (Å²) >= 11 is 0. The van der Waals surface area contributed by atoms with Crippen molar-refractivity contribution in [3.8, 4) is 0 Å². The van der Waals surface area contributed by atoms with E-state index in [9.17, 15) is 5.11 Å². The molecule has 2 heterocycles. The van der Waals surface area contributed by atoms with Crippen molar-refractivity contribution in [3.63, 3.8) is 0 Å². The Morgan fingerprint density at radius 3 is 2.13 bits per heavy atom. The lowest BCUT2D eigenvalue weighted by atomic mass is 9.75. The fourth-order valence-corrected chi connectivity index (χ4v) is 6.36. The third-order valence-electron chi connectivity index (χ3n) is 7.52. The molecule has 3 fully saturated rings. The smallest absolute Gasteiger partial charge is 0.139 e. The van der Waals surface area contributed by atoms with Crippen molar-refractivity contribution in [1.29, 1.82) is 0 Å². The molecule has 3 nitrogen and oxygen atoms in total. The highest BCUT2D eigenvalue weighted by Crippen LogP contribution is 2.61. The Morgan fingerprint density at radius 2 is 1.47 bits per heavy atom. The Morgan fingerprint density at radius 1 is 0.833 bits per heavy atom. The molecule has 2 saturated heterocycles. The molecule has 3 aromatic rings. The first-order valence-corrected chi connectivity index (χ1v) is 11.1. The van der Waals surface area contributed by atoms with Crippen LogP contribution in [0.15, 0.2) is 84.9 Å². The van der Waals surface area contributed by atoms with E-state index in [-0.39, 0.29) is 12.8 Å². The third kappa shape index (κ3) is 2.49. The Balaban J connectivity index is 1.58. The van der Waals surface area contributed by atoms with Crippen LogP contribution < -0.4 is 0 Å². The molecule has 30 heavy (non-hydrogen) atoms. The Bertz CT molecular complexity index is 995.